The second kappa shape index (κ2) is 10.3. The summed E-state index contributed by atoms with van der Waals surface area (Å²) in [5.74, 6) is 1.78. The molecule has 0 aliphatic carbocycles. The van der Waals surface area contributed by atoms with Crippen LogP contribution in [0, 0.1) is 5.82 Å². The van der Waals surface area contributed by atoms with E-state index in [0.717, 1.165) is 22.6 Å². The first-order chi connectivity index (χ1) is 14.6. The summed E-state index contributed by atoms with van der Waals surface area (Å²) < 4.78 is 26.8. The summed E-state index contributed by atoms with van der Waals surface area (Å²) in [7, 11) is 3.24. The Balaban J connectivity index is 1.68. The third-order valence-electron chi connectivity index (χ3n) is 4.50. The van der Waals surface area contributed by atoms with Gasteiger partial charge in [-0.15, -0.1) is 0 Å². The fourth-order valence-electron chi connectivity index (χ4n) is 2.95. The Kier molecular flexibility index (Phi) is 7.26. The zero-order chi connectivity index (χ0) is 21.3. The number of ether oxygens (including phenoxy) is 2. The van der Waals surface area contributed by atoms with Gasteiger partial charge in [-0.1, -0.05) is 6.07 Å². The van der Waals surface area contributed by atoms with Gasteiger partial charge in [0.25, 0.3) is 0 Å². The summed E-state index contributed by atoms with van der Waals surface area (Å²) in [4.78, 5) is 8.52. The normalized spacial score (nSPS) is 11.3. The molecule has 0 bridgehead atoms. The van der Waals surface area contributed by atoms with Crippen molar-refractivity contribution in [3.8, 4) is 17.2 Å². The maximum absolute atomic E-state index is 14.4. The molecule has 1 aromatic heterocycles. The third-order valence-corrected chi connectivity index (χ3v) is 4.50. The number of imidazole rings is 1. The van der Waals surface area contributed by atoms with Gasteiger partial charge in [0, 0.05) is 37.1 Å². The lowest BCUT2D eigenvalue weighted by atomic mass is 10.2. The van der Waals surface area contributed by atoms with Crippen LogP contribution in [-0.4, -0.2) is 36.3 Å². The topological polar surface area (TPSA) is 72.7 Å². The molecule has 0 saturated carbocycles. The lowest BCUT2D eigenvalue weighted by molar-refractivity contribution is 0.390. The quantitative estimate of drug-likeness (QED) is 0.440. The molecule has 30 heavy (non-hydrogen) atoms. The second-order valence-electron chi connectivity index (χ2n) is 6.48. The molecular formula is C22H26FN5O2. The average molecular weight is 411 g/mol. The highest BCUT2D eigenvalue weighted by atomic mass is 19.1. The summed E-state index contributed by atoms with van der Waals surface area (Å²) in [5.41, 5.74) is 2.20. The molecule has 0 atom stereocenters. The fourth-order valence-corrected chi connectivity index (χ4v) is 2.95. The van der Waals surface area contributed by atoms with Crippen LogP contribution in [0.25, 0.3) is 5.69 Å². The molecule has 0 unspecified atom stereocenters. The molecule has 7 nitrogen and oxygen atoms in total. The molecule has 3 aromatic rings. The number of hydrogen-bond donors (Lipinski definition) is 2. The van der Waals surface area contributed by atoms with Gasteiger partial charge in [0.1, 0.15) is 17.3 Å². The van der Waals surface area contributed by atoms with E-state index >= 15 is 0 Å². The van der Waals surface area contributed by atoms with Crippen molar-refractivity contribution in [2.75, 3.05) is 20.8 Å². The smallest absolute Gasteiger partial charge is 0.191 e. The molecule has 0 aliphatic heterocycles. The van der Waals surface area contributed by atoms with Gasteiger partial charge < -0.3 is 24.7 Å². The van der Waals surface area contributed by atoms with E-state index in [-0.39, 0.29) is 5.82 Å². The minimum Gasteiger partial charge on any atom is -0.497 e. The Morgan fingerprint density at radius 1 is 1.13 bits per heavy atom. The van der Waals surface area contributed by atoms with Gasteiger partial charge >= 0.3 is 0 Å². The van der Waals surface area contributed by atoms with Crippen LogP contribution < -0.4 is 20.1 Å². The maximum Gasteiger partial charge on any atom is 0.191 e. The Morgan fingerprint density at radius 3 is 2.67 bits per heavy atom. The van der Waals surface area contributed by atoms with Crippen LogP contribution in [-0.2, 0) is 13.1 Å². The van der Waals surface area contributed by atoms with E-state index in [0.29, 0.717) is 31.3 Å². The van der Waals surface area contributed by atoms with Crippen LogP contribution in [0.4, 0.5) is 4.39 Å². The number of nitrogens with zero attached hydrogens (tertiary/aromatic N) is 3. The Morgan fingerprint density at radius 2 is 2.00 bits per heavy atom. The van der Waals surface area contributed by atoms with Crippen molar-refractivity contribution in [2.45, 2.75) is 20.0 Å². The summed E-state index contributed by atoms with van der Waals surface area (Å²) >= 11 is 0. The summed E-state index contributed by atoms with van der Waals surface area (Å²) in [6.45, 7) is 3.56. The Hall–Kier alpha value is -3.55. The predicted octanol–water partition coefficient (Wildman–Crippen LogP) is 3.28. The minimum absolute atomic E-state index is 0.318. The molecule has 158 valence electrons. The molecule has 0 aliphatic rings. The van der Waals surface area contributed by atoms with Crippen molar-refractivity contribution < 1.29 is 13.9 Å². The standard InChI is InChI=1S/C22H26FN5O2/c1-4-25-22(27-14-17-6-7-18(29-2)12-21(17)30-3)26-13-16-5-8-20(19(23)11-16)28-10-9-24-15-28/h5-12,15H,4,13-14H2,1-3H3,(H2,25,26,27). The zero-order valence-electron chi connectivity index (χ0n) is 17.4. The molecule has 3 rings (SSSR count). The first kappa shape index (κ1) is 21.2. The first-order valence-corrected chi connectivity index (χ1v) is 9.64. The van der Waals surface area contributed by atoms with Crippen LogP contribution in [0.5, 0.6) is 11.5 Å². The van der Waals surface area contributed by atoms with Gasteiger partial charge in [-0.2, -0.15) is 0 Å². The molecular weight excluding hydrogens is 385 g/mol. The number of rotatable bonds is 8. The van der Waals surface area contributed by atoms with Gasteiger partial charge in [0.05, 0.1) is 32.8 Å². The monoisotopic (exact) mass is 411 g/mol. The van der Waals surface area contributed by atoms with Gasteiger partial charge in [-0.3, -0.25) is 0 Å². The highest BCUT2D eigenvalue weighted by Crippen LogP contribution is 2.24. The van der Waals surface area contributed by atoms with Crippen molar-refractivity contribution in [2.24, 2.45) is 4.99 Å². The average Bonchev–Trinajstić information content (AvgIpc) is 3.30. The molecule has 0 radical (unpaired) electrons. The highest BCUT2D eigenvalue weighted by molar-refractivity contribution is 5.79. The number of hydrogen-bond acceptors (Lipinski definition) is 4. The van der Waals surface area contributed by atoms with Gasteiger partial charge in [0.15, 0.2) is 5.96 Å². The van der Waals surface area contributed by atoms with Crippen molar-refractivity contribution in [3.05, 3.63) is 72.1 Å². The van der Waals surface area contributed by atoms with Gasteiger partial charge in [-0.25, -0.2) is 14.4 Å². The molecule has 1 heterocycles. The summed E-state index contributed by atoms with van der Waals surface area (Å²) in [6, 6.07) is 10.7. The third kappa shape index (κ3) is 5.28. The highest BCUT2D eigenvalue weighted by Gasteiger charge is 2.08. The van der Waals surface area contributed by atoms with Crippen molar-refractivity contribution in [3.63, 3.8) is 0 Å². The molecule has 2 N–H and O–H groups in total. The van der Waals surface area contributed by atoms with Crippen molar-refractivity contribution in [1.82, 2.24) is 20.2 Å². The molecule has 0 spiro atoms. The van der Waals surface area contributed by atoms with E-state index in [4.69, 9.17) is 9.47 Å². The zero-order valence-corrected chi connectivity index (χ0v) is 17.4. The van der Waals surface area contributed by atoms with Crippen LogP contribution in [0.2, 0.25) is 0 Å². The van der Waals surface area contributed by atoms with Crippen molar-refractivity contribution >= 4 is 5.96 Å². The summed E-state index contributed by atoms with van der Waals surface area (Å²) in [6.07, 6.45) is 4.89. The van der Waals surface area contributed by atoms with E-state index in [2.05, 4.69) is 20.6 Å². The lowest BCUT2D eigenvalue weighted by Crippen LogP contribution is -2.36. The molecule has 2 aromatic carbocycles. The number of halogens is 1. The van der Waals surface area contributed by atoms with E-state index < -0.39 is 0 Å². The number of benzene rings is 2. The largest absolute Gasteiger partial charge is 0.497 e. The van der Waals surface area contributed by atoms with Crippen LogP contribution in [0.1, 0.15) is 18.1 Å². The van der Waals surface area contributed by atoms with Crippen LogP contribution in [0.15, 0.2) is 60.1 Å². The predicted molar refractivity (Wildman–Crippen MR) is 115 cm³/mol. The maximum atomic E-state index is 14.4. The lowest BCUT2D eigenvalue weighted by Gasteiger charge is -2.14. The molecule has 0 amide bonds. The van der Waals surface area contributed by atoms with Gasteiger partial charge in [0.2, 0.25) is 0 Å². The Bertz CT molecular complexity index is 989. The van der Waals surface area contributed by atoms with Crippen LogP contribution >= 0.6 is 0 Å². The minimum atomic E-state index is -0.318. The van der Waals surface area contributed by atoms with Crippen molar-refractivity contribution in [1.29, 1.82) is 0 Å². The molecule has 8 heteroatoms. The number of guanidine groups is 1. The van der Waals surface area contributed by atoms with Crippen LogP contribution in [0.3, 0.4) is 0 Å². The summed E-state index contributed by atoms with van der Waals surface area (Å²) in [5, 5.41) is 6.48. The Labute approximate surface area is 175 Å². The number of aromatic nitrogens is 2. The van der Waals surface area contributed by atoms with E-state index in [1.165, 1.54) is 6.07 Å². The second-order valence-corrected chi connectivity index (χ2v) is 6.48. The van der Waals surface area contributed by atoms with E-state index in [9.17, 15) is 4.39 Å². The van der Waals surface area contributed by atoms with E-state index in [1.807, 2.05) is 31.2 Å². The number of methoxy groups -OCH3 is 2. The molecule has 0 saturated heterocycles. The first-order valence-electron chi connectivity index (χ1n) is 9.64. The fraction of sp³-hybridized carbons (Fsp3) is 0.273. The number of nitrogens with one attached hydrogen (secondary N) is 2. The molecule has 0 fully saturated rings. The van der Waals surface area contributed by atoms with Gasteiger partial charge in [-0.05, 0) is 36.8 Å². The SMILES string of the molecule is CCNC(=NCc1ccc(-n2ccnc2)c(F)c1)NCc1ccc(OC)cc1OC. The number of aliphatic imine (C=N–C) groups is 1. The van der Waals surface area contributed by atoms with E-state index in [1.54, 1.807) is 43.6 Å².